The number of rotatable bonds is 2. The van der Waals surface area contributed by atoms with E-state index in [9.17, 15) is 0 Å². The third-order valence-corrected chi connectivity index (χ3v) is 13.4. The van der Waals surface area contributed by atoms with E-state index in [0.717, 1.165) is 24.3 Å². The monoisotopic (exact) mass is 797 g/mol. The van der Waals surface area contributed by atoms with Crippen LogP contribution in [0, 0.1) is 27.7 Å². The largest absolute Gasteiger partial charge is 0.452 e. The first-order valence-electron chi connectivity index (χ1n) is 22.7. The summed E-state index contributed by atoms with van der Waals surface area (Å²) in [5, 5.41) is 0. The second kappa shape index (κ2) is 16.8. The normalized spacial score (nSPS) is 21.5. The van der Waals surface area contributed by atoms with Crippen LogP contribution in [0.25, 0.3) is 0 Å². The number of hydrogen-bond donors (Lipinski definition) is 0. The molecule has 0 saturated carbocycles. The molecular formula is C58H68O2. The maximum absolute atomic E-state index is 6.82. The molecule has 0 amide bonds. The molecule has 2 aliphatic carbocycles. The Kier molecular flexibility index (Phi) is 12.0. The SMILES string of the molecule is CC.CC.Cc1ccc2c(c1)C1(CC2(C)C)CC(C)(C)c2ccc(C)cc21.Cc1ccc2c(c1)OC1(CC2c2ccccc2)CC(c2ccccc2)c2ccc(C)cc2O1. The van der Waals surface area contributed by atoms with Crippen molar-refractivity contribution in [3.05, 3.63) is 200 Å². The number of aryl methyl sites for hydroxylation is 4. The van der Waals surface area contributed by atoms with Gasteiger partial charge in [0.1, 0.15) is 11.5 Å². The van der Waals surface area contributed by atoms with Crippen LogP contribution in [0.1, 0.15) is 160 Å². The van der Waals surface area contributed by atoms with Gasteiger partial charge in [0.25, 0.3) is 5.79 Å². The number of hydrogen-bond acceptors (Lipinski definition) is 2. The molecule has 312 valence electrons. The lowest BCUT2D eigenvalue weighted by molar-refractivity contribution is -0.146. The molecule has 2 nitrogen and oxygen atoms in total. The van der Waals surface area contributed by atoms with Gasteiger partial charge in [-0.1, -0.05) is 188 Å². The van der Waals surface area contributed by atoms with Crippen molar-refractivity contribution >= 4 is 0 Å². The van der Waals surface area contributed by atoms with Gasteiger partial charge in [-0.05, 0) is 108 Å². The summed E-state index contributed by atoms with van der Waals surface area (Å²) in [5.41, 5.74) is 17.3. The van der Waals surface area contributed by atoms with Gasteiger partial charge >= 0.3 is 0 Å². The van der Waals surface area contributed by atoms with Gasteiger partial charge in [0.2, 0.25) is 0 Å². The molecule has 0 saturated heterocycles. The average Bonchev–Trinajstić information content (AvgIpc) is 3.60. The zero-order valence-electron chi connectivity index (χ0n) is 38.5. The summed E-state index contributed by atoms with van der Waals surface area (Å²) in [5.74, 6) is 1.61. The van der Waals surface area contributed by atoms with Gasteiger partial charge < -0.3 is 9.47 Å². The first kappa shape index (κ1) is 43.0. The summed E-state index contributed by atoms with van der Waals surface area (Å²) in [6, 6.07) is 49.0. The van der Waals surface area contributed by atoms with Crippen LogP contribution in [-0.2, 0) is 16.2 Å². The van der Waals surface area contributed by atoms with Crippen molar-refractivity contribution in [2.24, 2.45) is 0 Å². The van der Waals surface area contributed by atoms with E-state index in [-0.39, 0.29) is 28.1 Å². The minimum Gasteiger partial charge on any atom is -0.452 e. The lowest BCUT2D eigenvalue weighted by Gasteiger charge is -2.47. The molecular weight excluding hydrogens is 729 g/mol. The molecule has 4 aliphatic rings. The molecule has 6 aromatic rings. The van der Waals surface area contributed by atoms with Crippen molar-refractivity contribution in [3.8, 4) is 11.5 Å². The molecule has 2 heteroatoms. The Labute approximate surface area is 362 Å². The third-order valence-electron chi connectivity index (χ3n) is 13.4. The first-order valence-corrected chi connectivity index (χ1v) is 22.7. The number of fused-ring (bicyclic) bond motifs is 6. The minimum atomic E-state index is -0.720. The van der Waals surface area contributed by atoms with Gasteiger partial charge in [0.15, 0.2) is 0 Å². The predicted molar refractivity (Wildman–Crippen MR) is 253 cm³/mol. The molecule has 2 aliphatic heterocycles. The van der Waals surface area contributed by atoms with Gasteiger partial charge in [0.05, 0.1) is 0 Å². The molecule has 10 rings (SSSR count). The predicted octanol–water partition coefficient (Wildman–Crippen LogP) is 15.5. The van der Waals surface area contributed by atoms with Crippen LogP contribution in [0.4, 0.5) is 0 Å². The molecule has 60 heavy (non-hydrogen) atoms. The standard InChI is InChI=1S/C31H28O2.C23H28.2C2H6/c1-21-13-15-25-27(23-9-5-3-6-10-23)19-31(32-29(25)17-21)20-28(24-11-7-4-8-12-24)26-16-14-22(2)18-30(26)33-31;1-15-7-9-17-19(11-15)23(13-21(17,3)4)14-22(5,6)18-10-8-16(2)12-20(18)23;2*1-2/h3-18,27-28H,19-20H2,1-2H3;7-12H,13-14H2,1-6H3;2*1-2H3. The van der Waals surface area contributed by atoms with Crippen LogP contribution in [0.15, 0.2) is 133 Å². The summed E-state index contributed by atoms with van der Waals surface area (Å²) in [4.78, 5) is 0. The van der Waals surface area contributed by atoms with Crippen LogP contribution in [0.5, 0.6) is 11.5 Å². The Morgan fingerprint density at radius 2 is 0.767 bits per heavy atom. The molecule has 2 atom stereocenters. The summed E-state index contributed by atoms with van der Waals surface area (Å²) in [6.45, 7) is 26.4. The van der Waals surface area contributed by atoms with Crippen LogP contribution in [0.3, 0.4) is 0 Å². The highest BCUT2D eigenvalue weighted by Crippen LogP contribution is 2.63. The van der Waals surface area contributed by atoms with Crippen molar-refractivity contribution in [3.63, 3.8) is 0 Å². The first-order chi connectivity index (χ1) is 28.8. The summed E-state index contributed by atoms with van der Waals surface area (Å²) < 4.78 is 13.6. The molecule has 0 aromatic heterocycles. The highest BCUT2D eigenvalue weighted by molar-refractivity contribution is 5.60. The van der Waals surface area contributed by atoms with Crippen LogP contribution in [0.2, 0.25) is 0 Å². The average molecular weight is 797 g/mol. The number of benzene rings is 6. The van der Waals surface area contributed by atoms with E-state index >= 15 is 0 Å². The molecule has 0 N–H and O–H groups in total. The van der Waals surface area contributed by atoms with E-state index in [1.165, 1.54) is 57.3 Å². The zero-order valence-corrected chi connectivity index (χ0v) is 38.5. The summed E-state index contributed by atoms with van der Waals surface area (Å²) in [7, 11) is 0. The Hall–Kier alpha value is -5.08. The Morgan fingerprint density at radius 3 is 1.15 bits per heavy atom. The molecule has 0 bridgehead atoms. The minimum absolute atomic E-state index is 0.204. The zero-order chi connectivity index (χ0) is 43.0. The lowest BCUT2D eigenvalue weighted by Crippen LogP contribution is -2.50. The van der Waals surface area contributed by atoms with E-state index in [1.807, 2.05) is 27.7 Å². The summed E-state index contributed by atoms with van der Waals surface area (Å²) in [6.07, 6.45) is 4.03. The maximum atomic E-state index is 6.82. The number of ether oxygens (including phenoxy) is 2. The van der Waals surface area contributed by atoms with E-state index in [0.29, 0.717) is 0 Å². The van der Waals surface area contributed by atoms with Gasteiger partial charge in [-0.2, -0.15) is 0 Å². The van der Waals surface area contributed by atoms with Crippen molar-refractivity contribution in [1.29, 1.82) is 0 Å². The van der Waals surface area contributed by atoms with Gasteiger partial charge in [0, 0.05) is 41.2 Å². The molecule has 0 fully saturated rings. The topological polar surface area (TPSA) is 18.5 Å². The van der Waals surface area contributed by atoms with Crippen LogP contribution in [-0.4, -0.2) is 5.79 Å². The van der Waals surface area contributed by atoms with E-state index in [1.54, 1.807) is 22.3 Å². The Balaban J connectivity index is 0.000000177. The smallest absolute Gasteiger partial charge is 0.253 e. The quantitative estimate of drug-likeness (QED) is 0.174. The second-order valence-electron chi connectivity index (χ2n) is 18.8. The van der Waals surface area contributed by atoms with Crippen LogP contribution < -0.4 is 9.47 Å². The van der Waals surface area contributed by atoms with E-state index < -0.39 is 5.79 Å². The van der Waals surface area contributed by atoms with Crippen molar-refractivity contribution < 1.29 is 9.47 Å². The summed E-state index contributed by atoms with van der Waals surface area (Å²) >= 11 is 0. The molecule has 2 unspecified atom stereocenters. The van der Waals surface area contributed by atoms with Gasteiger partial charge in [-0.3, -0.25) is 0 Å². The van der Waals surface area contributed by atoms with E-state index in [4.69, 9.17) is 9.47 Å². The molecule has 2 heterocycles. The van der Waals surface area contributed by atoms with Crippen molar-refractivity contribution in [2.75, 3.05) is 0 Å². The third kappa shape index (κ3) is 7.84. The lowest BCUT2D eigenvalue weighted by atomic mass is 9.72. The van der Waals surface area contributed by atoms with Crippen molar-refractivity contribution in [1.82, 2.24) is 0 Å². The fraction of sp³-hybridized carbons (Fsp3) is 0.379. The van der Waals surface area contributed by atoms with Crippen molar-refractivity contribution in [2.45, 2.75) is 143 Å². The highest BCUT2D eigenvalue weighted by Gasteiger charge is 2.56. The fourth-order valence-electron chi connectivity index (χ4n) is 11.1. The molecule has 2 spiro atoms. The maximum Gasteiger partial charge on any atom is 0.253 e. The van der Waals surface area contributed by atoms with E-state index in [2.05, 4.69) is 189 Å². The molecule has 0 radical (unpaired) electrons. The van der Waals surface area contributed by atoms with Gasteiger partial charge in [-0.15, -0.1) is 0 Å². The second-order valence-corrected chi connectivity index (χ2v) is 18.8. The Morgan fingerprint density at radius 1 is 0.417 bits per heavy atom. The molecule has 6 aromatic carbocycles. The van der Waals surface area contributed by atoms with Crippen LogP contribution >= 0.6 is 0 Å². The fourth-order valence-corrected chi connectivity index (χ4v) is 11.1. The van der Waals surface area contributed by atoms with Gasteiger partial charge in [-0.25, -0.2) is 0 Å². The highest BCUT2D eigenvalue weighted by atomic mass is 16.7. The Bertz CT molecular complexity index is 2260.